The molecule has 1 amide bonds. The number of aliphatic hydroxyl groups is 1. The van der Waals surface area contributed by atoms with Crippen LogP contribution in [0, 0.1) is 13.8 Å². The molecule has 7 nitrogen and oxygen atoms in total. The first kappa shape index (κ1) is 24.9. The smallest absolute Gasteiger partial charge is 0.295 e. The van der Waals surface area contributed by atoms with Crippen LogP contribution in [0.3, 0.4) is 0 Å². The molecule has 2 heterocycles. The summed E-state index contributed by atoms with van der Waals surface area (Å²) in [5, 5.41) is 11.4. The third-order valence-electron chi connectivity index (χ3n) is 6.62. The summed E-state index contributed by atoms with van der Waals surface area (Å²) in [5.41, 5.74) is 3.28. The van der Waals surface area contributed by atoms with E-state index in [1.165, 1.54) is 0 Å². The minimum atomic E-state index is -0.670. The zero-order valence-corrected chi connectivity index (χ0v) is 20.8. The van der Waals surface area contributed by atoms with Crippen LogP contribution in [0.25, 0.3) is 5.76 Å². The summed E-state index contributed by atoms with van der Waals surface area (Å²) in [6.07, 6.45) is 0.902. The monoisotopic (exact) mass is 478 g/mol. The minimum Gasteiger partial charge on any atom is -0.507 e. The van der Waals surface area contributed by atoms with Gasteiger partial charge in [-0.1, -0.05) is 36.8 Å². The highest BCUT2D eigenvalue weighted by molar-refractivity contribution is 6.46. The summed E-state index contributed by atoms with van der Waals surface area (Å²) in [7, 11) is 0. The largest absolute Gasteiger partial charge is 0.507 e. The average Bonchev–Trinajstić information content (AvgIpc) is 3.13. The molecule has 7 heteroatoms. The van der Waals surface area contributed by atoms with Crippen molar-refractivity contribution in [3.05, 3.63) is 70.3 Å². The van der Waals surface area contributed by atoms with E-state index in [1.54, 1.807) is 4.90 Å². The summed E-state index contributed by atoms with van der Waals surface area (Å²) >= 11 is 0. The molecule has 0 radical (unpaired) electrons. The molecule has 186 valence electrons. The molecule has 1 atom stereocenters. The van der Waals surface area contributed by atoms with Gasteiger partial charge in [0, 0.05) is 31.7 Å². The molecule has 0 spiro atoms. The highest BCUT2D eigenvalue weighted by Gasteiger charge is 2.46. The van der Waals surface area contributed by atoms with Gasteiger partial charge in [-0.25, -0.2) is 0 Å². The zero-order chi connectivity index (χ0) is 24.9. The second-order valence-corrected chi connectivity index (χ2v) is 9.18. The number of hydrogen-bond donors (Lipinski definition) is 1. The van der Waals surface area contributed by atoms with Gasteiger partial charge in [0.05, 0.1) is 31.4 Å². The maximum Gasteiger partial charge on any atom is 0.295 e. The van der Waals surface area contributed by atoms with Crippen LogP contribution < -0.4 is 4.74 Å². The van der Waals surface area contributed by atoms with E-state index in [0.717, 1.165) is 42.0 Å². The van der Waals surface area contributed by atoms with Crippen molar-refractivity contribution in [2.24, 2.45) is 0 Å². The summed E-state index contributed by atoms with van der Waals surface area (Å²) in [6.45, 7) is 10.4. The minimum absolute atomic E-state index is 0.130. The van der Waals surface area contributed by atoms with Crippen molar-refractivity contribution < 1.29 is 24.2 Å². The van der Waals surface area contributed by atoms with Crippen molar-refractivity contribution >= 4 is 17.4 Å². The van der Waals surface area contributed by atoms with Crippen LogP contribution >= 0.6 is 0 Å². The Morgan fingerprint density at radius 3 is 2.46 bits per heavy atom. The number of benzene rings is 2. The normalized spacial score (nSPS) is 20.4. The van der Waals surface area contributed by atoms with Crippen LogP contribution in [0.5, 0.6) is 5.75 Å². The zero-order valence-electron chi connectivity index (χ0n) is 20.8. The fraction of sp³-hybridized carbons (Fsp3) is 0.429. The lowest BCUT2D eigenvalue weighted by Gasteiger charge is -2.31. The van der Waals surface area contributed by atoms with Crippen LogP contribution in [0.2, 0.25) is 0 Å². The van der Waals surface area contributed by atoms with Gasteiger partial charge in [0.15, 0.2) is 0 Å². The highest BCUT2D eigenvalue weighted by atomic mass is 16.5. The number of Topliss-reactive ketones (excluding diaryl/α,β-unsaturated/α-hetero) is 1. The first-order valence-electron chi connectivity index (χ1n) is 12.3. The van der Waals surface area contributed by atoms with E-state index < -0.39 is 17.7 Å². The number of carbonyl (C=O) groups is 2. The molecule has 2 aromatic rings. The molecule has 35 heavy (non-hydrogen) atoms. The van der Waals surface area contributed by atoms with Gasteiger partial charge in [0.25, 0.3) is 11.7 Å². The lowest BCUT2D eigenvalue weighted by Crippen LogP contribution is -2.42. The summed E-state index contributed by atoms with van der Waals surface area (Å²) in [6, 6.07) is 12.5. The number of morpholine rings is 1. The van der Waals surface area contributed by atoms with Gasteiger partial charge < -0.3 is 19.5 Å². The van der Waals surface area contributed by atoms with E-state index in [4.69, 9.17) is 9.47 Å². The quantitative estimate of drug-likeness (QED) is 0.353. The van der Waals surface area contributed by atoms with Gasteiger partial charge >= 0.3 is 0 Å². The second-order valence-electron chi connectivity index (χ2n) is 9.18. The number of amides is 1. The van der Waals surface area contributed by atoms with Crippen LogP contribution in [0.4, 0.5) is 0 Å². The van der Waals surface area contributed by atoms with Crippen molar-refractivity contribution in [2.45, 2.75) is 33.2 Å². The molecule has 2 fully saturated rings. The van der Waals surface area contributed by atoms with Gasteiger partial charge in [-0.3, -0.25) is 14.5 Å². The molecule has 2 aromatic carbocycles. The Balaban J connectivity index is 1.73. The summed E-state index contributed by atoms with van der Waals surface area (Å²) in [4.78, 5) is 30.4. The topological polar surface area (TPSA) is 79.3 Å². The molecule has 0 saturated carbocycles. The van der Waals surface area contributed by atoms with Crippen LogP contribution in [-0.4, -0.2) is 72.6 Å². The molecule has 4 rings (SSSR count). The van der Waals surface area contributed by atoms with E-state index in [1.807, 2.05) is 63.2 Å². The van der Waals surface area contributed by atoms with Gasteiger partial charge in [0.1, 0.15) is 11.5 Å². The number of rotatable bonds is 8. The second kappa shape index (κ2) is 11.1. The van der Waals surface area contributed by atoms with Crippen molar-refractivity contribution in [2.75, 3.05) is 46.0 Å². The molecule has 0 aromatic heterocycles. The van der Waals surface area contributed by atoms with Crippen molar-refractivity contribution in [1.82, 2.24) is 9.80 Å². The lowest BCUT2D eigenvalue weighted by atomic mass is 9.93. The number of carbonyl (C=O) groups excluding carboxylic acids is 2. The molecule has 2 saturated heterocycles. The Morgan fingerprint density at radius 1 is 1.06 bits per heavy atom. The van der Waals surface area contributed by atoms with E-state index in [2.05, 4.69) is 4.90 Å². The molecular formula is C28H34N2O5. The lowest BCUT2D eigenvalue weighted by molar-refractivity contribution is -0.140. The Bertz CT molecular complexity index is 1100. The third kappa shape index (κ3) is 5.41. The van der Waals surface area contributed by atoms with Crippen LogP contribution in [-0.2, 0) is 14.3 Å². The Hall–Kier alpha value is -3.16. The molecule has 1 unspecified atom stereocenters. The Kier molecular flexibility index (Phi) is 7.88. The highest BCUT2D eigenvalue weighted by Crippen LogP contribution is 2.40. The van der Waals surface area contributed by atoms with E-state index in [-0.39, 0.29) is 11.3 Å². The third-order valence-corrected chi connectivity index (χ3v) is 6.62. The van der Waals surface area contributed by atoms with E-state index in [0.29, 0.717) is 38.5 Å². The first-order valence-corrected chi connectivity index (χ1v) is 12.3. The number of nitrogens with zero attached hydrogens (tertiary/aromatic N) is 2. The van der Waals surface area contributed by atoms with Gasteiger partial charge in [0.2, 0.25) is 0 Å². The van der Waals surface area contributed by atoms with Gasteiger partial charge in [-0.05, 0) is 49.6 Å². The predicted octanol–water partition coefficient (Wildman–Crippen LogP) is 3.85. The average molecular weight is 479 g/mol. The van der Waals surface area contributed by atoms with E-state index >= 15 is 0 Å². The summed E-state index contributed by atoms with van der Waals surface area (Å²) in [5.74, 6) is -0.631. The first-order chi connectivity index (χ1) is 16.9. The number of ether oxygens (including phenoxy) is 2. The van der Waals surface area contributed by atoms with Crippen molar-refractivity contribution in [3.8, 4) is 5.75 Å². The van der Waals surface area contributed by atoms with Gasteiger partial charge in [-0.15, -0.1) is 0 Å². The molecule has 0 aliphatic carbocycles. The number of aryl methyl sites for hydroxylation is 2. The summed E-state index contributed by atoms with van der Waals surface area (Å²) < 4.78 is 11.1. The van der Waals surface area contributed by atoms with Crippen molar-refractivity contribution in [1.29, 1.82) is 0 Å². The molecular weight excluding hydrogens is 444 g/mol. The number of likely N-dealkylation sites (tertiary alicyclic amines) is 1. The maximum atomic E-state index is 13.3. The molecule has 2 aliphatic heterocycles. The van der Waals surface area contributed by atoms with E-state index in [9.17, 15) is 14.7 Å². The fourth-order valence-corrected chi connectivity index (χ4v) is 4.63. The van der Waals surface area contributed by atoms with Crippen LogP contribution in [0.15, 0.2) is 48.0 Å². The number of hydrogen-bond acceptors (Lipinski definition) is 6. The SMILES string of the molecule is CCCOc1ccc(C2C(=C(O)c3cc(C)ccc3C)C(=O)C(=O)N2CCN2CCOCC2)cc1. The standard InChI is InChI=1S/C28H34N2O5/c1-4-15-35-22-9-7-21(8-10-22)25-24(26(31)23-18-19(2)5-6-20(23)3)27(32)28(33)30(25)12-11-29-13-16-34-17-14-29/h5-10,18,25,31H,4,11-17H2,1-3H3. The number of ketones is 1. The Labute approximate surface area is 206 Å². The van der Waals surface area contributed by atoms with Crippen molar-refractivity contribution in [3.63, 3.8) is 0 Å². The molecule has 1 N–H and O–H groups in total. The maximum absolute atomic E-state index is 13.3. The Morgan fingerprint density at radius 2 is 1.77 bits per heavy atom. The fourth-order valence-electron chi connectivity index (χ4n) is 4.63. The number of aliphatic hydroxyl groups excluding tert-OH is 1. The van der Waals surface area contributed by atoms with Gasteiger partial charge in [-0.2, -0.15) is 0 Å². The van der Waals surface area contributed by atoms with Crippen LogP contribution in [0.1, 0.15) is 41.6 Å². The predicted molar refractivity (Wildman–Crippen MR) is 134 cm³/mol. The molecule has 0 bridgehead atoms. The molecule has 2 aliphatic rings.